The summed E-state index contributed by atoms with van der Waals surface area (Å²) >= 11 is 0. The Bertz CT molecular complexity index is 711. The molecule has 106 valence electrons. The monoisotopic (exact) mass is 276 g/mol. The Morgan fingerprint density at radius 1 is 0.857 bits per heavy atom. The molecule has 2 bridgehead atoms. The van der Waals surface area contributed by atoms with Crippen LogP contribution in [0, 0.1) is 23.7 Å². The fourth-order valence-electron chi connectivity index (χ4n) is 5.07. The van der Waals surface area contributed by atoms with Gasteiger partial charge in [-0.15, -0.1) is 0 Å². The number of hydrogen-bond donors (Lipinski definition) is 0. The minimum Gasteiger partial charge on any atom is -0.489 e. The molecule has 0 aliphatic heterocycles. The molecule has 2 aromatic rings. The van der Waals surface area contributed by atoms with Crippen LogP contribution in [-0.4, -0.2) is 6.10 Å². The van der Waals surface area contributed by atoms with Gasteiger partial charge in [-0.25, -0.2) is 0 Å². The van der Waals surface area contributed by atoms with Crippen LogP contribution >= 0.6 is 0 Å². The highest BCUT2D eigenvalue weighted by Crippen LogP contribution is 2.56. The first-order valence-corrected chi connectivity index (χ1v) is 8.23. The van der Waals surface area contributed by atoms with Gasteiger partial charge in [-0.3, -0.25) is 0 Å². The number of fused-ring (bicyclic) bond motifs is 6. The van der Waals surface area contributed by atoms with Crippen molar-refractivity contribution in [2.24, 2.45) is 23.7 Å². The molecule has 5 unspecified atom stereocenters. The molecule has 5 atom stereocenters. The summed E-state index contributed by atoms with van der Waals surface area (Å²) in [7, 11) is 0. The summed E-state index contributed by atoms with van der Waals surface area (Å²) in [6.45, 7) is 0. The SMILES string of the molecule is C1=CC2CC1C1CCC(Oc3cccc4ccccc34)C21. The zero-order valence-corrected chi connectivity index (χ0v) is 12.1. The summed E-state index contributed by atoms with van der Waals surface area (Å²) in [6, 6.07) is 15.0. The topological polar surface area (TPSA) is 9.23 Å². The Hall–Kier alpha value is -1.76. The summed E-state index contributed by atoms with van der Waals surface area (Å²) < 4.78 is 6.52. The highest BCUT2D eigenvalue weighted by molar-refractivity contribution is 5.88. The van der Waals surface area contributed by atoms with Gasteiger partial charge < -0.3 is 4.74 Å². The smallest absolute Gasteiger partial charge is 0.127 e. The first-order chi connectivity index (χ1) is 10.4. The molecule has 2 aromatic carbocycles. The predicted octanol–water partition coefficient (Wildman–Crippen LogP) is 4.82. The molecule has 0 radical (unpaired) electrons. The van der Waals surface area contributed by atoms with E-state index in [1.165, 1.54) is 30.0 Å². The standard InChI is InChI=1S/C20H20O/c1-2-6-16-13(4-1)5-3-7-18(16)21-19-11-10-17-14-8-9-15(12-14)20(17)19/h1-9,14-15,17,19-20H,10-12H2. The van der Waals surface area contributed by atoms with Crippen molar-refractivity contribution in [1.82, 2.24) is 0 Å². The Kier molecular flexibility index (Phi) is 2.46. The van der Waals surface area contributed by atoms with Crippen LogP contribution in [0.4, 0.5) is 0 Å². The third-order valence-corrected chi connectivity index (χ3v) is 5.93. The van der Waals surface area contributed by atoms with Crippen molar-refractivity contribution >= 4 is 10.8 Å². The van der Waals surface area contributed by atoms with Crippen molar-refractivity contribution in [3.63, 3.8) is 0 Å². The van der Waals surface area contributed by atoms with Gasteiger partial charge >= 0.3 is 0 Å². The summed E-state index contributed by atoms with van der Waals surface area (Å²) in [5, 5.41) is 2.53. The maximum atomic E-state index is 6.52. The van der Waals surface area contributed by atoms with E-state index in [1.807, 2.05) is 0 Å². The van der Waals surface area contributed by atoms with Crippen LogP contribution in [0.2, 0.25) is 0 Å². The van der Waals surface area contributed by atoms with E-state index < -0.39 is 0 Å². The molecule has 5 rings (SSSR count). The molecule has 1 heteroatoms. The lowest BCUT2D eigenvalue weighted by molar-refractivity contribution is 0.133. The van der Waals surface area contributed by atoms with Crippen LogP contribution in [0.5, 0.6) is 5.75 Å². The van der Waals surface area contributed by atoms with E-state index in [4.69, 9.17) is 4.74 Å². The summed E-state index contributed by atoms with van der Waals surface area (Å²) in [5.74, 6) is 4.35. The lowest BCUT2D eigenvalue weighted by Crippen LogP contribution is -2.28. The molecule has 0 saturated heterocycles. The number of allylic oxidation sites excluding steroid dienone is 2. The summed E-state index contributed by atoms with van der Waals surface area (Å²) in [5.41, 5.74) is 0. The van der Waals surface area contributed by atoms with Crippen LogP contribution < -0.4 is 4.74 Å². The fourth-order valence-corrected chi connectivity index (χ4v) is 5.07. The first kappa shape index (κ1) is 11.9. The molecule has 0 spiro atoms. The number of rotatable bonds is 2. The first-order valence-electron chi connectivity index (χ1n) is 8.23. The van der Waals surface area contributed by atoms with E-state index in [-0.39, 0.29) is 0 Å². The Balaban J connectivity index is 1.48. The van der Waals surface area contributed by atoms with E-state index in [0.29, 0.717) is 6.10 Å². The number of benzene rings is 2. The molecule has 0 heterocycles. The molecule has 2 saturated carbocycles. The van der Waals surface area contributed by atoms with Gasteiger partial charge in [0.05, 0.1) is 0 Å². The van der Waals surface area contributed by atoms with Crippen molar-refractivity contribution in [2.45, 2.75) is 25.4 Å². The van der Waals surface area contributed by atoms with Crippen molar-refractivity contribution < 1.29 is 4.74 Å². The van der Waals surface area contributed by atoms with Crippen molar-refractivity contribution in [2.75, 3.05) is 0 Å². The van der Waals surface area contributed by atoms with Crippen LogP contribution in [-0.2, 0) is 0 Å². The van der Waals surface area contributed by atoms with Crippen molar-refractivity contribution in [3.8, 4) is 5.75 Å². The van der Waals surface area contributed by atoms with Gasteiger partial charge in [-0.05, 0) is 48.5 Å². The van der Waals surface area contributed by atoms with Gasteiger partial charge in [-0.1, -0.05) is 48.6 Å². The minimum atomic E-state index is 0.417. The normalized spacial score (nSPS) is 36.3. The number of ether oxygens (including phenoxy) is 1. The maximum absolute atomic E-state index is 6.52. The highest BCUT2D eigenvalue weighted by atomic mass is 16.5. The average Bonchev–Trinajstić information content (AvgIpc) is 3.21. The molecule has 0 amide bonds. The highest BCUT2D eigenvalue weighted by Gasteiger charge is 2.52. The summed E-state index contributed by atoms with van der Waals surface area (Å²) in [6.07, 6.45) is 9.30. The van der Waals surface area contributed by atoms with Gasteiger partial charge in [0, 0.05) is 11.3 Å². The van der Waals surface area contributed by atoms with Gasteiger partial charge in [0.15, 0.2) is 0 Å². The van der Waals surface area contributed by atoms with E-state index in [0.717, 1.165) is 29.4 Å². The van der Waals surface area contributed by atoms with Crippen LogP contribution in [0.3, 0.4) is 0 Å². The van der Waals surface area contributed by atoms with Crippen molar-refractivity contribution in [1.29, 1.82) is 0 Å². The lowest BCUT2D eigenvalue weighted by Gasteiger charge is -2.27. The fraction of sp³-hybridized carbons (Fsp3) is 0.400. The molecular formula is C20H20O. The molecular weight excluding hydrogens is 256 g/mol. The Morgan fingerprint density at radius 3 is 2.71 bits per heavy atom. The van der Waals surface area contributed by atoms with E-state index >= 15 is 0 Å². The largest absolute Gasteiger partial charge is 0.489 e. The quantitative estimate of drug-likeness (QED) is 0.715. The lowest BCUT2D eigenvalue weighted by atomic mass is 9.85. The van der Waals surface area contributed by atoms with E-state index in [1.54, 1.807) is 0 Å². The van der Waals surface area contributed by atoms with Crippen LogP contribution in [0.15, 0.2) is 54.6 Å². The second-order valence-corrected chi connectivity index (χ2v) is 6.90. The minimum absolute atomic E-state index is 0.417. The summed E-state index contributed by atoms with van der Waals surface area (Å²) in [4.78, 5) is 0. The molecule has 3 aliphatic carbocycles. The van der Waals surface area contributed by atoms with Crippen LogP contribution in [0.1, 0.15) is 19.3 Å². The Morgan fingerprint density at radius 2 is 1.71 bits per heavy atom. The average molecular weight is 276 g/mol. The maximum Gasteiger partial charge on any atom is 0.127 e. The molecule has 1 nitrogen and oxygen atoms in total. The molecule has 0 aromatic heterocycles. The number of hydrogen-bond acceptors (Lipinski definition) is 1. The Labute approximate surface area is 125 Å². The van der Waals surface area contributed by atoms with Gasteiger partial charge in [0.2, 0.25) is 0 Å². The molecule has 0 N–H and O–H groups in total. The van der Waals surface area contributed by atoms with Crippen LogP contribution in [0.25, 0.3) is 10.8 Å². The molecule has 2 fully saturated rings. The zero-order valence-electron chi connectivity index (χ0n) is 12.1. The molecule has 21 heavy (non-hydrogen) atoms. The zero-order chi connectivity index (χ0) is 13.8. The second kappa shape index (κ2) is 4.37. The van der Waals surface area contributed by atoms with Gasteiger partial charge in [0.1, 0.15) is 11.9 Å². The van der Waals surface area contributed by atoms with Crippen molar-refractivity contribution in [3.05, 3.63) is 54.6 Å². The predicted molar refractivity (Wildman–Crippen MR) is 85.3 cm³/mol. The van der Waals surface area contributed by atoms with E-state index in [2.05, 4.69) is 54.6 Å². The van der Waals surface area contributed by atoms with Gasteiger partial charge in [0.25, 0.3) is 0 Å². The van der Waals surface area contributed by atoms with Gasteiger partial charge in [-0.2, -0.15) is 0 Å². The third kappa shape index (κ3) is 1.70. The molecule has 3 aliphatic rings. The third-order valence-electron chi connectivity index (χ3n) is 5.93. The second-order valence-electron chi connectivity index (χ2n) is 6.90. The van der Waals surface area contributed by atoms with E-state index in [9.17, 15) is 0 Å².